The second-order valence-corrected chi connectivity index (χ2v) is 7.11. The highest BCUT2D eigenvalue weighted by molar-refractivity contribution is 5.89. The van der Waals surface area contributed by atoms with Crippen molar-refractivity contribution in [2.45, 2.75) is 37.1 Å². The van der Waals surface area contributed by atoms with Crippen LogP contribution < -0.4 is 4.74 Å². The Morgan fingerprint density at radius 2 is 2.04 bits per heavy atom. The fourth-order valence-corrected chi connectivity index (χ4v) is 3.43. The molecule has 0 amide bonds. The fraction of sp³-hybridized carbons (Fsp3) is 0.500. The Morgan fingerprint density at radius 1 is 1.25 bits per heavy atom. The van der Waals surface area contributed by atoms with E-state index in [4.69, 9.17) is 9.47 Å². The molecule has 1 aliphatic rings. The molecule has 8 nitrogen and oxygen atoms in total. The van der Waals surface area contributed by atoms with Crippen molar-refractivity contribution in [2.75, 3.05) is 26.7 Å². The number of hydrogen-bond acceptors (Lipinski definition) is 7. The van der Waals surface area contributed by atoms with Crippen LogP contribution in [0.5, 0.6) is 5.75 Å². The van der Waals surface area contributed by atoms with E-state index in [1.165, 1.54) is 0 Å². The van der Waals surface area contributed by atoms with Gasteiger partial charge < -0.3 is 39.8 Å². The number of hydrogen-bond donors (Lipinski definition) is 5. The first-order valence-corrected chi connectivity index (χ1v) is 9.31. The number of nitrogens with zero attached hydrogens (tertiary/aromatic N) is 1. The quantitative estimate of drug-likeness (QED) is 0.402. The van der Waals surface area contributed by atoms with E-state index in [2.05, 4.69) is 16.5 Å². The summed E-state index contributed by atoms with van der Waals surface area (Å²) in [5.74, 6) is 0.490. The summed E-state index contributed by atoms with van der Waals surface area (Å²) in [4.78, 5) is 5.36. The Bertz CT molecular complexity index is 792. The molecular weight excluding hydrogens is 364 g/mol. The second kappa shape index (κ2) is 9.04. The van der Waals surface area contributed by atoms with E-state index in [0.717, 1.165) is 36.0 Å². The predicted molar refractivity (Wildman–Crippen MR) is 104 cm³/mol. The minimum Gasteiger partial charge on any atom is -0.461 e. The van der Waals surface area contributed by atoms with E-state index >= 15 is 0 Å². The Hall–Kier alpha value is -1.94. The molecular formula is C20H28N2O6. The first-order chi connectivity index (χ1) is 13.5. The third-order valence-corrected chi connectivity index (χ3v) is 5.04. The molecule has 1 aromatic heterocycles. The predicted octanol–water partition coefficient (Wildman–Crippen LogP) is 0.00690. The summed E-state index contributed by atoms with van der Waals surface area (Å²) in [5.41, 5.74) is 1.93. The molecule has 8 heteroatoms. The van der Waals surface area contributed by atoms with E-state index in [0.29, 0.717) is 5.75 Å². The third kappa shape index (κ3) is 4.22. The van der Waals surface area contributed by atoms with Crippen LogP contribution in [-0.2, 0) is 11.2 Å². The maximum Gasteiger partial charge on any atom is 0.229 e. The minimum absolute atomic E-state index is 0.490. The number of aliphatic hydroxyl groups excluding tert-OH is 4. The van der Waals surface area contributed by atoms with Gasteiger partial charge in [-0.05, 0) is 31.2 Å². The number of rotatable bonds is 8. The summed E-state index contributed by atoms with van der Waals surface area (Å²) >= 11 is 0. The summed E-state index contributed by atoms with van der Waals surface area (Å²) in [5, 5.41) is 40.4. The average molecular weight is 392 g/mol. The number of aromatic nitrogens is 1. The first-order valence-electron chi connectivity index (χ1n) is 9.31. The highest BCUT2D eigenvalue weighted by atomic mass is 16.7. The van der Waals surface area contributed by atoms with Crippen LogP contribution in [0, 0.1) is 0 Å². The Kier molecular flexibility index (Phi) is 6.71. The molecule has 3 rings (SSSR count). The molecule has 1 fully saturated rings. The molecule has 1 aliphatic heterocycles. The number of aliphatic hydroxyl groups is 4. The monoisotopic (exact) mass is 392 g/mol. The standard InChI is InChI=1S/C20H28N2O6/c1-3-8-22(2)9-7-12-10-21-13-5-4-6-14(16(12)13)27-20-19(26)18(25)17(24)15(11-23)28-20/h3-6,10,15,17-21,23-26H,1,7-9,11H2,2H3. The summed E-state index contributed by atoms with van der Waals surface area (Å²) in [7, 11) is 2.02. The zero-order valence-electron chi connectivity index (χ0n) is 15.9. The zero-order valence-corrected chi connectivity index (χ0v) is 15.9. The summed E-state index contributed by atoms with van der Waals surface area (Å²) < 4.78 is 11.3. The largest absolute Gasteiger partial charge is 0.461 e. The molecule has 0 bridgehead atoms. The summed E-state index contributed by atoms with van der Waals surface area (Å²) in [6.45, 7) is 4.86. The minimum atomic E-state index is -1.48. The summed E-state index contributed by atoms with van der Waals surface area (Å²) in [6, 6.07) is 5.49. The van der Waals surface area contributed by atoms with Crippen molar-refractivity contribution in [3.05, 3.63) is 42.6 Å². The number of nitrogens with one attached hydrogen (secondary N) is 1. The molecule has 0 radical (unpaired) electrons. The van der Waals surface area contributed by atoms with Gasteiger partial charge in [-0.3, -0.25) is 0 Å². The Labute approximate surface area is 163 Å². The van der Waals surface area contributed by atoms with Crippen molar-refractivity contribution in [3.63, 3.8) is 0 Å². The van der Waals surface area contributed by atoms with Crippen molar-refractivity contribution in [3.8, 4) is 5.75 Å². The Balaban J connectivity index is 1.82. The van der Waals surface area contributed by atoms with Crippen LogP contribution in [0.2, 0.25) is 0 Å². The lowest BCUT2D eigenvalue weighted by atomic mass is 9.99. The maximum absolute atomic E-state index is 10.2. The van der Waals surface area contributed by atoms with Gasteiger partial charge >= 0.3 is 0 Å². The normalized spacial score (nSPS) is 28.0. The van der Waals surface area contributed by atoms with Gasteiger partial charge in [-0.2, -0.15) is 0 Å². The molecule has 1 aromatic carbocycles. The van der Waals surface area contributed by atoms with Crippen LogP contribution >= 0.6 is 0 Å². The molecule has 2 aromatic rings. The molecule has 5 unspecified atom stereocenters. The van der Waals surface area contributed by atoms with E-state index in [9.17, 15) is 20.4 Å². The smallest absolute Gasteiger partial charge is 0.229 e. The number of ether oxygens (including phenoxy) is 2. The van der Waals surface area contributed by atoms with Crippen LogP contribution in [-0.4, -0.2) is 87.8 Å². The van der Waals surface area contributed by atoms with Crippen LogP contribution in [0.1, 0.15) is 5.56 Å². The van der Waals surface area contributed by atoms with E-state index < -0.39 is 37.3 Å². The third-order valence-electron chi connectivity index (χ3n) is 5.04. The molecule has 28 heavy (non-hydrogen) atoms. The molecule has 154 valence electrons. The van der Waals surface area contributed by atoms with Gasteiger partial charge in [0.15, 0.2) is 0 Å². The van der Waals surface area contributed by atoms with E-state index in [-0.39, 0.29) is 0 Å². The van der Waals surface area contributed by atoms with Gasteiger partial charge in [0, 0.05) is 30.2 Å². The molecule has 0 aliphatic carbocycles. The van der Waals surface area contributed by atoms with Gasteiger partial charge in [-0.25, -0.2) is 0 Å². The van der Waals surface area contributed by atoms with Gasteiger partial charge in [-0.1, -0.05) is 12.1 Å². The van der Waals surface area contributed by atoms with Crippen molar-refractivity contribution >= 4 is 10.9 Å². The highest BCUT2D eigenvalue weighted by Crippen LogP contribution is 2.32. The average Bonchev–Trinajstić information content (AvgIpc) is 3.11. The number of likely N-dealkylation sites (N-methyl/N-ethyl adjacent to an activating group) is 1. The van der Waals surface area contributed by atoms with Gasteiger partial charge in [-0.15, -0.1) is 6.58 Å². The second-order valence-electron chi connectivity index (χ2n) is 7.11. The SMILES string of the molecule is C=CCN(C)CCc1c[nH]c2cccc(OC3OC(CO)C(O)C(O)C3O)c12. The van der Waals surface area contributed by atoms with Gasteiger partial charge in [0.05, 0.1) is 6.61 Å². The van der Waals surface area contributed by atoms with Crippen LogP contribution in [0.15, 0.2) is 37.1 Å². The molecule has 1 saturated heterocycles. The van der Waals surface area contributed by atoms with E-state index in [1.807, 2.05) is 31.5 Å². The summed E-state index contributed by atoms with van der Waals surface area (Å²) in [6.07, 6.45) is -2.02. The lowest BCUT2D eigenvalue weighted by molar-refractivity contribution is -0.277. The molecule has 2 heterocycles. The highest BCUT2D eigenvalue weighted by Gasteiger charge is 2.44. The fourth-order valence-electron chi connectivity index (χ4n) is 3.43. The van der Waals surface area contributed by atoms with Gasteiger partial charge in [0.1, 0.15) is 30.2 Å². The molecule has 0 saturated carbocycles. The number of fused-ring (bicyclic) bond motifs is 1. The lowest BCUT2D eigenvalue weighted by Gasteiger charge is -2.39. The molecule has 0 spiro atoms. The van der Waals surface area contributed by atoms with Crippen molar-refractivity contribution < 1.29 is 29.9 Å². The van der Waals surface area contributed by atoms with Crippen molar-refractivity contribution in [2.24, 2.45) is 0 Å². The van der Waals surface area contributed by atoms with E-state index in [1.54, 1.807) is 6.07 Å². The van der Waals surface area contributed by atoms with Crippen LogP contribution in [0.4, 0.5) is 0 Å². The number of H-pyrrole nitrogens is 1. The topological polar surface area (TPSA) is 118 Å². The van der Waals surface area contributed by atoms with Crippen molar-refractivity contribution in [1.82, 2.24) is 9.88 Å². The number of aromatic amines is 1. The zero-order chi connectivity index (χ0) is 20.3. The maximum atomic E-state index is 10.2. The first kappa shape index (κ1) is 20.8. The van der Waals surface area contributed by atoms with Crippen LogP contribution in [0.3, 0.4) is 0 Å². The van der Waals surface area contributed by atoms with Gasteiger partial charge in [0.2, 0.25) is 6.29 Å². The molecule has 5 atom stereocenters. The van der Waals surface area contributed by atoms with Crippen molar-refractivity contribution in [1.29, 1.82) is 0 Å². The lowest BCUT2D eigenvalue weighted by Crippen LogP contribution is -2.60. The van der Waals surface area contributed by atoms with Crippen LogP contribution in [0.25, 0.3) is 10.9 Å². The number of benzene rings is 1. The van der Waals surface area contributed by atoms with Gasteiger partial charge in [0.25, 0.3) is 0 Å². The Morgan fingerprint density at radius 3 is 2.75 bits per heavy atom. The molecule has 5 N–H and O–H groups in total.